The number of aromatic amines is 1. The van der Waals surface area contributed by atoms with Crippen LogP contribution in [0.15, 0.2) is 16.9 Å². The van der Waals surface area contributed by atoms with Gasteiger partial charge >= 0.3 is 0 Å². The highest BCUT2D eigenvalue weighted by Gasteiger charge is 2.13. The number of hydrogen-bond acceptors (Lipinski definition) is 5. The molecule has 0 spiro atoms. The lowest BCUT2D eigenvalue weighted by Gasteiger charge is -2.05. The molecule has 0 saturated carbocycles. The molecule has 3 N–H and O–H groups in total. The maximum atomic E-state index is 11.8. The molecule has 90 valence electrons. The summed E-state index contributed by atoms with van der Waals surface area (Å²) in [6, 6.07) is 3.15. The van der Waals surface area contributed by atoms with Crippen molar-refractivity contribution in [3.8, 4) is 10.7 Å². The minimum Gasteiger partial charge on any atom is -0.322 e. The molecule has 17 heavy (non-hydrogen) atoms. The van der Waals surface area contributed by atoms with Crippen LogP contribution in [-0.4, -0.2) is 15.2 Å². The van der Waals surface area contributed by atoms with Crippen molar-refractivity contribution in [3.63, 3.8) is 0 Å². The fourth-order valence-electron chi connectivity index (χ4n) is 1.33. The number of nitrogens with one attached hydrogen (secondary N) is 1. The molecule has 0 aliphatic carbocycles. The molecule has 0 aromatic carbocycles. The molecule has 2 rings (SSSR count). The van der Waals surface area contributed by atoms with Gasteiger partial charge in [-0.1, -0.05) is 18.5 Å². The SMILES string of the molecule is CCC(N)c1nnc(-c2ccc(Cl)s2)[nH]c1=O. The lowest BCUT2D eigenvalue weighted by Crippen LogP contribution is -2.24. The molecular formula is C10H11ClN4OS. The summed E-state index contributed by atoms with van der Waals surface area (Å²) in [6.45, 7) is 1.89. The zero-order chi connectivity index (χ0) is 12.4. The Morgan fingerprint density at radius 2 is 2.29 bits per heavy atom. The number of hydrogen-bond donors (Lipinski definition) is 2. The summed E-state index contributed by atoms with van der Waals surface area (Å²) in [4.78, 5) is 15.2. The van der Waals surface area contributed by atoms with E-state index >= 15 is 0 Å². The molecule has 0 bridgehead atoms. The Hall–Kier alpha value is -1.24. The fourth-order valence-corrected chi connectivity index (χ4v) is 2.32. The molecule has 0 aliphatic rings. The second-order valence-corrected chi connectivity index (χ2v) is 5.22. The van der Waals surface area contributed by atoms with E-state index < -0.39 is 0 Å². The molecule has 5 nitrogen and oxygen atoms in total. The van der Waals surface area contributed by atoms with E-state index in [9.17, 15) is 4.79 Å². The van der Waals surface area contributed by atoms with Crippen molar-refractivity contribution in [1.82, 2.24) is 15.2 Å². The molecule has 1 atom stereocenters. The van der Waals surface area contributed by atoms with Gasteiger partial charge in [-0.05, 0) is 18.6 Å². The zero-order valence-electron chi connectivity index (χ0n) is 9.11. The highest BCUT2D eigenvalue weighted by atomic mass is 35.5. The van der Waals surface area contributed by atoms with Crippen LogP contribution < -0.4 is 11.3 Å². The van der Waals surface area contributed by atoms with Crippen molar-refractivity contribution >= 4 is 22.9 Å². The van der Waals surface area contributed by atoms with E-state index in [4.69, 9.17) is 17.3 Å². The van der Waals surface area contributed by atoms with Gasteiger partial charge in [0.1, 0.15) is 5.69 Å². The monoisotopic (exact) mass is 270 g/mol. The smallest absolute Gasteiger partial charge is 0.274 e. The van der Waals surface area contributed by atoms with Crippen LogP contribution in [0.4, 0.5) is 0 Å². The Kier molecular flexibility index (Phi) is 3.56. The zero-order valence-corrected chi connectivity index (χ0v) is 10.7. The van der Waals surface area contributed by atoms with Gasteiger partial charge in [-0.25, -0.2) is 0 Å². The predicted octanol–water partition coefficient (Wildman–Crippen LogP) is 1.96. The van der Waals surface area contributed by atoms with Crippen LogP contribution in [0, 0.1) is 0 Å². The Balaban J connectivity index is 2.41. The minimum absolute atomic E-state index is 0.263. The van der Waals surface area contributed by atoms with Gasteiger partial charge in [-0.2, -0.15) is 0 Å². The normalized spacial score (nSPS) is 12.6. The number of halogens is 1. The van der Waals surface area contributed by atoms with Crippen molar-refractivity contribution in [2.24, 2.45) is 5.73 Å². The van der Waals surface area contributed by atoms with Gasteiger partial charge in [0.2, 0.25) is 0 Å². The summed E-state index contributed by atoms with van der Waals surface area (Å²) in [5, 5.41) is 7.84. The Labute approximate surface area is 107 Å². The second-order valence-electron chi connectivity index (χ2n) is 3.51. The number of H-pyrrole nitrogens is 1. The summed E-state index contributed by atoms with van der Waals surface area (Å²) in [5.74, 6) is 0.416. The van der Waals surface area contributed by atoms with Gasteiger partial charge in [0.25, 0.3) is 5.56 Å². The van der Waals surface area contributed by atoms with Gasteiger partial charge in [0.05, 0.1) is 15.3 Å². The summed E-state index contributed by atoms with van der Waals surface area (Å²) in [7, 11) is 0. The van der Waals surface area contributed by atoms with Crippen LogP contribution in [0.5, 0.6) is 0 Å². The summed E-state index contributed by atoms with van der Waals surface area (Å²) >= 11 is 7.14. The Morgan fingerprint density at radius 1 is 1.53 bits per heavy atom. The number of rotatable bonds is 3. The lowest BCUT2D eigenvalue weighted by molar-refractivity contribution is 0.645. The average molecular weight is 271 g/mol. The van der Waals surface area contributed by atoms with E-state index in [1.165, 1.54) is 11.3 Å². The van der Waals surface area contributed by atoms with Crippen molar-refractivity contribution < 1.29 is 0 Å². The van der Waals surface area contributed by atoms with Crippen molar-refractivity contribution in [1.29, 1.82) is 0 Å². The predicted molar refractivity (Wildman–Crippen MR) is 68.2 cm³/mol. The van der Waals surface area contributed by atoms with Crippen LogP contribution in [0.2, 0.25) is 4.34 Å². The van der Waals surface area contributed by atoms with Gasteiger partial charge in [-0.3, -0.25) is 4.79 Å². The average Bonchev–Trinajstić information content (AvgIpc) is 2.75. The number of nitrogens with two attached hydrogens (primary N) is 1. The van der Waals surface area contributed by atoms with E-state index in [-0.39, 0.29) is 17.3 Å². The van der Waals surface area contributed by atoms with Crippen LogP contribution in [0.3, 0.4) is 0 Å². The molecule has 0 saturated heterocycles. The van der Waals surface area contributed by atoms with Gasteiger partial charge in [0, 0.05) is 0 Å². The summed E-state index contributed by atoms with van der Waals surface area (Å²) < 4.78 is 0.636. The Morgan fingerprint density at radius 3 is 2.82 bits per heavy atom. The van der Waals surface area contributed by atoms with Crippen LogP contribution in [0.25, 0.3) is 10.7 Å². The van der Waals surface area contributed by atoms with Crippen LogP contribution in [0.1, 0.15) is 25.1 Å². The first kappa shape index (κ1) is 12.2. The first-order valence-corrected chi connectivity index (χ1v) is 6.29. The molecular weight excluding hydrogens is 260 g/mol. The quantitative estimate of drug-likeness (QED) is 0.893. The number of nitrogens with zero attached hydrogens (tertiary/aromatic N) is 2. The van der Waals surface area contributed by atoms with Crippen LogP contribution in [-0.2, 0) is 0 Å². The third-order valence-corrected chi connectivity index (χ3v) is 3.56. The molecule has 0 fully saturated rings. The molecule has 2 heterocycles. The van der Waals surface area contributed by atoms with E-state index in [1.54, 1.807) is 12.1 Å². The lowest BCUT2D eigenvalue weighted by atomic mass is 10.2. The maximum Gasteiger partial charge on any atom is 0.274 e. The molecule has 0 amide bonds. The molecule has 0 radical (unpaired) electrons. The first-order chi connectivity index (χ1) is 8.11. The van der Waals surface area contributed by atoms with E-state index in [1.807, 2.05) is 6.92 Å². The first-order valence-electron chi connectivity index (χ1n) is 5.10. The highest BCUT2D eigenvalue weighted by molar-refractivity contribution is 7.19. The molecule has 2 aromatic heterocycles. The molecule has 0 aliphatic heterocycles. The minimum atomic E-state index is -0.382. The number of aromatic nitrogens is 3. The second kappa shape index (κ2) is 4.95. The molecule has 1 unspecified atom stereocenters. The van der Waals surface area contributed by atoms with E-state index in [0.29, 0.717) is 16.6 Å². The van der Waals surface area contributed by atoms with Crippen LogP contribution >= 0.6 is 22.9 Å². The Bertz CT molecular complexity index is 580. The largest absolute Gasteiger partial charge is 0.322 e. The van der Waals surface area contributed by atoms with Gasteiger partial charge < -0.3 is 10.7 Å². The number of thiophene rings is 1. The summed E-state index contributed by atoms with van der Waals surface area (Å²) in [6.07, 6.45) is 0.641. The van der Waals surface area contributed by atoms with E-state index in [0.717, 1.165) is 4.88 Å². The van der Waals surface area contributed by atoms with Gasteiger partial charge in [0.15, 0.2) is 5.82 Å². The summed E-state index contributed by atoms with van der Waals surface area (Å²) in [5.41, 5.74) is 5.71. The fraction of sp³-hybridized carbons (Fsp3) is 0.300. The van der Waals surface area contributed by atoms with Gasteiger partial charge in [-0.15, -0.1) is 21.5 Å². The topological polar surface area (TPSA) is 84.7 Å². The standard InChI is InChI=1S/C10H11ClN4OS/c1-2-5(12)8-10(16)13-9(15-14-8)6-3-4-7(11)17-6/h3-5H,2,12H2,1H3,(H,13,15,16). The van der Waals surface area contributed by atoms with Crippen molar-refractivity contribution in [2.45, 2.75) is 19.4 Å². The molecule has 7 heteroatoms. The van der Waals surface area contributed by atoms with Crippen molar-refractivity contribution in [2.75, 3.05) is 0 Å². The molecule has 2 aromatic rings. The van der Waals surface area contributed by atoms with Crippen molar-refractivity contribution in [3.05, 3.63) is 32.5 Å². The van der Waals surface area contributed by atoms with E-state index in [2.05, 4.69) is 15.2 Å². The third-order valence-electron chi connectivity index (χ3n) is 2.32. The maximum absolute atomic E-state index is 11.8. The highest BCUT2D eigenvalue weighted by Crippen LogP contribution is 2.27. The third kappa shape index (κ3) is 2.54.